The Labute approximate surface area is 142 Å². The van der Waals surface area contributed by atoms with Crippen molar-refractivity contribution in [1.29, 1.82) is 0 Å². The van der Waals surface area contributed by atoms with E-state index in [2.05, 4.69) is 15.8 Å². The summed E-state index contributed by atoms with van der Waals surface area (Å²) < 4.78 is 11.0. The molecular weight excluding hydrogens is 310 g/mol. The molecule has 7 nitrogen and oxygen atoms in total. The number of benzene rings is 1. The van der Waals surface area contributed by atoms with Crippen molar-refractivity contribution in [3.05, 3.63) is 23.8 Å². The summed E-state index contributed by atoms with van der Waals surface area (Å²) in [5.41, 5.74) is 2.87. The van der Waals surface area contributed by atoms with E-state index in [4.69, 9.17) is 9.47 Å². The molecule has 0 aliphatic heterocycles. The molecule has 7 heteroatoms. The van der Waals surface area contributed by atoms with E-state index in [1.165, 1.54) is 6.21 Å². The highest BCUT2D eigenvalue weighted by atomic mass is 16.5. The number of carbonyl (C=O) groups is 2. The number of ether oxygens (including phenoxy) is 2. The first-order chi connectivity index (χ1) is 11.6. The first-order valence-corrected chi connectivity index (χ1v) is 8.13. The second-order valence-corrected chi connectivity index (χ2v) is 4.87. The third-order valence-electron chi connectivity index (χ3n) is 2.99. The Kier molecular flexibility index (Phi) is 8.96. The fraction of sp³-hybridized carbons (Fsp3) is 0.471. The van der Waals surface area contributed by atoms with E-state index in [1.54, 1.807) is 18.2 Å². The number of hydrazone groups is 1. The lowest BCUT2D eigenvalue weighted by atomic mass is 10.2. The average Bonchev–Trinajstić information content (AvgIpc) is 2.57. The van der Waals surface area contributed by atoms with Crippen LogP contribution < -0.4 is 20.2 Å². The number of nitrogens with zero attached hydrogens (tertiary/aromatic N) is 1. The lowest BCUT2D eigenvalue weighted by molar-refractivity contribution is -0.139. The zero-order valence-electron chi connectivity index (χ0n) is 14.4. The Morgan fingerprint density at radius 1 is 1.12 bits per heavy atom. The molecule has 24 heavy (non-hydrogen) atoms. The molecule has 2 amide bonds. The van der Waals surface area contributed by atoms with Gasteiger partial charge in [-0.3, -0.25) is 9.59 Å². The minimum Gasteiger partial charge on any atom is -0.494 e. The van der Waals surface area contributed by atoms with Gasteiger partial charge in [-0.05, 0) is 32.4 Å². The predicted octanol–water partition coefficient (Wildman–Crippen LogP) is 1.85. The van der Waals surface area contributed by atoms with Crippen molar-refractivity contribution < 1.29 is 19.1 Å². The minimum absolute atomic E-state index is 0.472. The van der Waals surface area contributed by atoms with Gasteiger partial charge in [0.15, 0.2) is 0 Å². The number of unbranched alkanes of at least 4 members (excludes halogenated alkanes) is 1. The van der Waals surface area contributed by atoms with Gasteiger partial charge in [0.2, 0.25) is 0 Å². The zero-order valence-corrected chi connectivity index (χ0v) is 14.4. The van der Waals surface area contributed by atoms with Gasteiger partial charge < -0.3 is 14.8 Å². The molecule has 0 aliphatic carbocycles. The molecule has 0 saturated carbocycles. The Balaban J connectivity index is 2.65. The highest BCUT2D eigenvalue weighted by Gasteiger charge is 2.11. The number of hydrogen-bond acceptors (Lipinski definition) is 5. The molecule has 1 aromatic rings. The number of hydrogen-bond donors (Lipinski definition) is 2. The second kappa shape index (κ2) is 11.0. The number of nitrogens with one attached hydrogen (secondary N) is 2. The number of carbonyl (C=O) groups excluding carboxylic acids is 2. The summed E-state index contributed by atoms with van der Waals surface area (Å²) in [5, 5.41) is 6.32. The van der Waals surface area contributed by atoms with Crippen LogP contribution in [0, 0.1) is 0 Å². The molecular formula is C17H25N3O4. The summed E-state index contributed by atoms with van der Waals surface area (Å²) in [5.74, 6) is -0.213. The third-order valence-corrected chi connectivity index (χ3v) is 2.99. The van der Waals surface area contributed by atoms with Gasteiger partial charge in [0, 0.05) is 18.2 Å². The monoisotopic (exact) mass is 335 g/mol. The maximum atomic E-state index is 11.6. The van der Waals surface area contributed by atoms with Crippen molar-refractivity contribution >= 4 is 18.0 Å². The summed E-state index contributed by atoms with van der Waals surface area (Å²) in [4.78, 5) is 23.1. The smallest absolute Gasteiger partial charge is 0.329 e. The van der Waals surface area contributed by atoms with Crippen LogP contribution in [-0.4, -0.2) is 37.8 Å². The van der Waals surface area contributed by atoms with Gasteiger partial charge in [-0.2, -0.15) is 5.10 Å². The number of amides is 2. The Morgan fingerprint density at radius 2 is 1.88 bits per heavy atom. The van der Waals surface area contributed by atoms with Crippen molar-refractivity contribution in [3.8, 4) is 11.5 Å². The molecule has 1 aromatic carbocycles. The van der Waals surface area contributed by atoms with Gasteiger partial charge in [-0.15, -0.1) is 0 Å². The van der Waals surface area contributed by atoms with E-state index >= 15 is 0 Å². The van der Waals surface area contributed by atoms with E-state index in [0.717, 1.165) is 12.8 Å². The molecule has 0 aromatic heterocycles. The quantitative estimate of drug-likeness (QED) is 0.312. The van der Waals surface area contributed by atoms with Crippen LogP contribution in [0.15, 0.2) is 23.3 Å². The van der Waals surface area contributed by atoms with Gasteiger partial charge >= 0.3 is 11.8 Å². The average molecular weight is 335 g/mol. The lowest BCUT2D eigenvalue weighted by Gasteiger charge is -2.10. The summed E-state index contributed by atoms with van der Waals surface area (Å²) in [7, 11) is 0. The molecule has 0 bridgehead atoms. The molecule has 0 fully saturated rings. The van der Waals surface area contributed by atoms with Gasteiger partial charge in [-0.1, -0.05) is 13.3 Å². The molecule has 0 aliphatic rings. The lowest BCUT2D eigenvalue weighted by Crippen LogP contribution is -2.38. The fourth-order valence-electron chi connectivity index (χ4n) is 1.83. The van der Waals surface area contributed by atoms with Crippen molar-refractivity contribution in [2.24, 2.45) is 5.10 Å². The van der Waals surface area contributed by atoms with Crippen LogP contribution in [0.25, 0.3) is 0 Å². The largest absolute Gasteiger partial charge is 0.494 e. The molecule has 0 saturated heterocycles. The van der Waals surface area contributed by atoms with E-state index in [0.29, 0.717) is 36.8 Å². The number of rotatable bonds is 9. The van der Waals surface area contributed by atoms with Crippen LogP contribution in [-0.2, 0) is 9.59 Å². The molecule has 0 radical (unpaired) electrons. The summed E-state index contributed by atoms with van der Waals surface area (Å²) in [6, 6.07) is 5.31. The molecule has 0 unspecified atom stereocenters. The molecule has 0 atom stereocenters. The normalized spacial score (nSPS) is 10.5. The maximum Gasteiger partial charge on any atom is 0.329 e. The first kappa shape index (κ1) is 19.5. The van der Waals surface area contributed by atoms with Crippen LogP contribution in [0.1, 0.15) is 39.2 Å². The van der Waals surface area contributed by atoms with E-state index in [1.807, 2.05) is 20.8 Å². The van der Waals surface area contributed by atoms with Crippen LogP contribution in [0.2, 0.25) is 0 Å². The van der Waals surface area contributed by atoms with Crippen molar-refractivity contribution in [1.82, 2.24) is 10.7 Å². The van der Waals surface area contributed by atoms with Crippen LogP contribution in [0.3, 0.4) is 0 Å². The first-order valence-electron chi connectivity index (χ1n) is 8.13. The second-order valence-electron chi connectivity index (χ2n) is 4.87. The molecule has 1 rings (SSSR count). The van der Waals surface area contributed by atoms with Gasteiger partial charge in [0.25, 0.3) is 0 Å². The fourth-order valence-corrected chi connectivity index (χ4v) is 1.83. The maximum absolute atomic E-state index is 11.6. The Morgan fingerprint density at radius 3 is 2.54 bits per heavy atom. The van der Waals surface area contributed by atoms with E-state index < -0.39 is 11.8 Å². The summed E-state index contributed by atoms with van der Waals surface area (Å²) in [6.45, 7) is 7.29. The van der Waals surface area contributed by atoms with Crippen molar-refractivity contribution in [2.45, 2.75) is 33.6 Å². The van der Waals surface area contributed by atoms with E-state index in [-0.39, 0.29) is 0 Å². The Bertz CT molecular complexity index is 573. The SMILES string of the molecule is CCCCNC(=O)C(=O)N/N=C\c1ccc(OCC)cc1OCC. The molecule has 0 spiro atoms. The minimum atomic E-state index is -0.800. The standard InChI is InChI=1S/C17H25N3O4/c1-4-7-10-18-16(21)17(22)20-19-12-13-8-9-14(23-5-2)11-15(13)24-6-3/h8-9,11-12H,4-7,10H2,1-3H3,(H,18,21)(H,20,22)/b19-12-. The zero-order chi connectivity index (χ0) is 17.8. The van der Waals surface area contributed by atoms with Gasteiger partial charge in [0.1, 0.15) is 11.5 Å². The highest BCUT2D eigenvalue weighted by molar-refractivity contribution is 6.35. The Hall–Kier alpha value is -2.57. The molecule has 0 heterocycles. The highest BCUT2D eigenvalue weighted by Crippen LogP contribution is 2.23. The molecule has 2 N–H and O–H groups in total. The third kappa shape index (κ3) is 6.68. The van der Waals surface area contributed by atoms with Crippen LogP contribution in [0.5, 0.6) is 11.5 Å². The van der Waals surface area contributed by atoms with Crippen molar-refractivity contribution in [3.63, 3.8) is 0 Å². The predicted molar refractivity (Wildman–Crippen MR) is 92.4 cm³/mol. The van der Waals surface area contributed by atoms with Gasteiger partial charge in [0.05, 0.1) is 19.4 Å². The van der Waals surface area contributed by atoms with Crippen LogP contribution >= 0.6 is 0 Å². The molecule has 132 valence electrons. The summed E-state index contributed by atoms with van der Waals surface area (Å²) in [6.07, 6.45) is 3.20. The summed E-state index contributed by atoms with van der Waals surface area (Å²) >= 11 is 0. The van der Waals surface area contributed by atoms with E-state index in [9.17, 15) is 9.59 Å². The van der Waals surface area contributed by atoms with Crippen LogP contribution in [0.4, 0.5) is 0 Å². The topological polar surface area (TPSA) is 89.0 Å². The van der Waals surface area contributed by atoms with Gasteiger partial charge in [-0.25, -0.2) is 5.43 Å². The van der Waals surface area contributed by atoms with Crippen molar-refractivity contribution in [2.75, 3.05) is 19.8 Å².